The van der Waals surface area contributed by atoms with Crippen LogP contribution in [0.15, 0.2) is 61.1 Å². The molecule has 0 unspecified atom stereocenters. The number of hydrogen-bond acceptors (Lipinski definition) is 2. The van der Waals surface area contributed by atoms with E-state index in [9.17, 15) is 0 Å². The molecule has 0 atom stereocenters. The first-order valence-corrected chi connectivity index (χ1v) is 7.76. The molecule has 0 bridgehead atoms. The van der Waals surface area contributed by atoms with E-state index in [0.717, 1.165) is 29.0 Å². The molecule has 4 aromatic rings. The van der Waals surface area contributed by atoms with Crippen LogP contribution in [0.2, 0.25) is 5.15 Å². The summed E-state index contributed by atoms with van der Waals surface area (Å²) in [5.74, 6) is 0. The van der Waals surface area contributed by atoms with E-state index in [0.29, 0.717) is 5.15 Å². The number of halogens is 1. The molecule has 0 aliphatic rings. The van der Waals surface area contributed by atoms with E-state index in [1.165, 1.54) is 5.56 Å². The summed E-state index contributed by atoms with van der Waals surface area (Å²) in [5, 5.41) is 0.502. The van der Waals surface area contributed by atoms with Gasteiger partial charge in [0.1, 0.15) is 10.8 Å². The summed E-state index contributed by atoms with van der Waals surface area (Å²) < 4.78 is 4.18. The fourth-order valence-electron chi connectivity index (χ4n) is 2.81. The van der Waals surface area contributed by atoms with Crippen molar-refractivity contribution in [1.82, 2.24) is 19.1 Å². The number of imidazole rings is 1. The monoisotopic (exact) mass is 322 g/mol. The van der Waals surface area contributed by atoms with Gasteiger partial charge in [-0.25, -0.2) is 9.97 Å². The van der Waals surface area contributed by atoms with Gasteiger partial charge in [0.2, 0.25) is 0 Å². The van der Waals surface area contributed by atoms with Gasteiger partial charge in [-0.2, -0.15) is 0 Å². The summed E-state index contributed by atoms with van der Waals surface area (Å²) in [6.45, 7) is 0.763. The Labute approximate surface area is 139 Å². The van der Waals surface area contributed by atoms with Gasteiger partial charge in [-0.15, -0.1) is 0 Å². The molecule has 0 spiro atoms. The number of aromatic nitrogens is 4. The van der Waals surface area contributed by atoms with Crippen molar-refractivity contribution in [3.05, 3.63) is 71.8 Å². The third-order valence-electron chi connectivity index (χ3n) is 3.87. The second-order valence-corrected chi connectivity index (χ2v) is 5.95. The van der Waals surface area contributed by atoms with Gasteiger partial charge in [-0.3, -0.25) is 0 Å². The molecule has 0 N–H and O–H groups in total. The molecule has 0 amide bonds. The summed E-state index contributed by atoms with van der Waals surface area (Å²) >= 11 is 6.05. The maximum atomic E-state index is 6.05. The fraction of sp³-hybridized carbons (Fsp3) is 0.111. The van der Waals surface area contributed by atoms with Crippen LogP contribution < -0.4 is 0 Å². The first kappa shape index (κ1) is 14.0. The van der Waals surface area contributed by atoms with E-state index >= 15 is 0 Å². The third kappa shape index (κ3) is 2.62. The lowest BCUT2D eigenvalue weighted by molar-refractivity contribution is 0.841. The van der Waals surface area contributed by atoms with E-state index in [1.807, 2.05) is 42.1 Å². The summed E-state index contributed by atoms with van der Waals surface area (Å²) in [6, 6.07) is 16.3. The summed E-state index contributed by atoms with van der Waals surface area (Å²) in [6.07, 6.45) is 3.82. The smallest absolute Gasteiger partial charge is 0.129 e. The quantitative estimate of drug-likeness (QED) is 0.531. The van der Waals surface area contributed by atoms with Gasteiger partial charge in [0.25, 0.3) is 0 Å². The van der Waals surface area contributed by atoms with Crippen LogP contribution in [0.3, 0.4) is 0 Å². The molecule has 0 aliphatic heterocycles. The summed E-state index contributed by atoms with van der Waals surface area (Å²) in [5.41, 5.74) is 5.14. The number of rotatable bonds is 3. The van der Waals surface area contributed by atoms with Crippen molar-refractivity contribution < 1.29 is 0 Å². The van der Waals surface area contributed by atoms with Crippen molar-refractivity contribution in [3.63, 3.8) is 0 Å². The van der Waals surface area contributed by atoms with Crippen molar-refractivity contribution in [3.8, 4) is 11.4 Å². The summed E-state index contributed by atoms with van der Waals surface area (Å²) in [7, 11) is 1.97. The fourth-order valence-corrected chi connectivity index (χ4v) is 2.96. The summed E-state index contributed by atoms with van der Waals surface area (Å²) in [4.78, 5) is 8.93. The van der Waals surface area contributed by atoms with Gasteiger partial charge in [-0.05, 0) is 23.8 Å². The van der Waals surface area contributed by atoms with E-state index in [1.54, 1.807) is 6.33 Å². The first-order chi connectivity index (χ1) is 11.2. The van der Waals surface area contributed by atoms with Crippen LogP contribution in [0.5, 0.6) is 0 Å². The second-order valence-electron chi connectivity index (χ2n) is 5.56. The van der Waals surface area contributed by atoms with Crippen LogP contribution in [0.4, 0.5) is 0 Å². The predicted octanol–water partition coefficient (Wildman–Crippen LogP) is 4.14. The molecule has 0 aliphatic carbocycles. The van der Waals surface area contributed by atoms with Crippen LogP contribution >= 0.6 is 11.6 Å². The van der Waals surface area contributed by atoms with Crippen molar-refractivity contribution in [1.29, 1.82) is 0 Å². The van der Waals surface area contributed by atoms with Crippen LogP contribution in [-0.2, 0) is 13.6 Å². The Balaban J connectivity index is 1.91. The highest BCUT2D eigenvalue weighted by molar-refractivity contribution is 6.29. The molecular formula is C18H15ClN4. The molecule has 1 aromatic carbocycles. The lowest BCUT2D eigenvalue weighted by atomic mass is 10.2. The number of fused-ring (bicyclic) bond motifs is 1. The van der Waals surface area contributed by atoms with E-state index < -0.39 is 0 Å². The molecule has 5 heteroatoms. The van der Waals surface area contributed by atoms with Crippen molar-refractivity contribution >= 4 is 22.6 Å². The lowest BCUT2D eigenvalue weighted by Crippen LogP contribution is -2.01. The van der Waals surface area contributed by atoms with E-state index in [2.05, 4.69) is 38.8 Å². The van der Waals surface area contributed by atoms with Crippen molar-refractivity contribution in [2.24, 2.45) is 7.05 Å². The Bertz CT molecular complexity index is 969. The van der Waals surface area contributed by atoms with Crippen LogP contribution in [-0.4, -0.2) is 19.1 Å². The highest BCUT2D eigenvalue weighted by Crippen LogP contribution is 2.28. The van der Waals surface area contributed by atoms with Gasteiger partial charge in [0.05, 0.1) is 23.1 Å². The number of nitrogens with zero attached hydrogens (tertiary/aromatic N) is 4. The van der Waals surface area contributed by atoms with Gasteiger partial charge >= 0.3 is 0 Å². The zero-order valence-corrected chi connectivity index (χ0v) is 13.4. The van der Waals surface area contributed by atoms with Gasteiger partial charge < -0.3 is 9.13 Å². The zero-order chi connectivity index (χ0) is 15.8. The SMILES string of the molecule is Cn1cnc(-c2cc3nc(Cl)ccc3n2Cc2ccccc2)c1. The van der Waals surface area contributed by atoms with Gasteiger partial charge in [-0.1, -0.05) is 41.9 Å². The highest BCUT2D eigenvalue weighted by Gasteiger charge is 2.14. The molecular weight excluding hydrogens is 308 g/mol. The number of aryl methyl sites for hydroxylation is 1. The average molecular weight is 323 g/mol. The number of hydrogen-bond donors (Lipinski definition) is 0. The molecule has 3 aromatic heterocycles. The van der Waals surface area contributed by atoms with Gasteiger partial charge in [0.15, 0.2) is 0 Å². The zero-order valence-electron chi connectivity index (χ0n) is 12.6. The van der Waals surface area contributed by atoms with E-state index in [4.69, 9.17) is 11.6 Å². The Hall–Kier alpha value is -2.59. The molecule has 23 heavy (non-hydrogen) atoms. The number of pyridine rings is 1. The molecule has 114 valence electrons. The normalized spacial score (nSPS) is 11.2. The van der Waals surface area contributed by atoms with Crippen molar-refractivity contribution in [2.45, 2.75) is 6.54 Å². The van der Waals surface area contributed by atoms with Crippen LogP contribution in [0, 0.1) is 0 Å². The second kappa shape index (κ2) is 5.56. The Morgan fingerprint density at radius 3 is 2.65 bits per heavy atom. The Kier molecular flexibility index (Phi) is 3.39. The van der Waals surface area contributed by atoms with Gasteiger partial charge in [0, 0.05) is 19.8 Å². The molecule has 4 nitrogen and oxygen atoms in total. The molecule has 0 radical (unpaired) electrons. The topological polar surface area (TPSA) is 35.6 Å². The molecule has 4 rings (SSSR count). The average Bonchev–Trinajstić information content (AvgIpc) is 3.12. The Morgan fingerprint density at radius 1 is 1.09 bits per heavy atom. The molecule has 3 heterocycles. The maximum absolute atomic E-state index is 6.05. The molecule has 0 saturated heterocycles. The lowest BCUT2D eigenvalue weighted by Gasteiger charge is -2.09. The first-order valence-electron chi connectivity index (χ1n) is 7.39. The van der Waals surface area contributed by atoms with Crippen LogP contribution in [0.25, 0.3) is 22.4 Å². The standard InChI is InChI=1S/C18H15ClN4/c1-22-11-15(20-12-22)17-9-14-16(7-8-18(19)21-14)23(17)10-13-5-3-2-4-6-13/h2-9,11-12H,10H2,1H3. The number of benzene rings is 1. The van der Waals surface area contributed by atoms with E-state index in [-0.39, 0.29) is 0 Å². The third-order valence-corrected chi connectivity index (χ3v) is 4.08. The minimum absolute atomic E-state index is 0.502. The molecule has 0 fully saturated rings. The highest BCUT2D eigenvalue weighted by atomic mass is 35.5. The maximum Gasteiger partial charge on any atom is 0.129 e. The van der Waals surface area contributed by atoms with Crippen LogP contribution in [0.1, 0.15) is 5.56 Å². The largest absolute Gasteiger partial charge is 0.340 e. The minimum atomic E-state index is 0.502. The van der Waals surface area contributed by atoms with Crippen molar-refractivity contribution in [2.75, 3.05) is 0 Å². The molecule has 0 saturated carbocycles. The minimum Gasteiger partial charge on any atom is -0.340 e. The Morgan fingerprint density at radius 2 is 1.91 bits per heavy atom. The predicted molar refractivity (Wildman–Crippen MR) is 92.5 cm³/mol.